The summed E-state index contributed by atoms with van der Waals surface area (Å²) in [6, 6.07) is -0.892. The summed E-state index contributed by atoms with van der Waals surface area (Å²) in [6.45, 7) is 1.59. The van der Waals surface area contributed by atoms with Crippen LogP contribution in [0.3, 0.4) is 0 Å². The Bertz CT molecular complexity index is 275. The lowest BCUT2D eigenvalue weighted by Crippen LogP contribution is -2.40. The molecule has 1 unspecified atom stereocenters. The van der Waals surface area contributed by atoms with Gasteiger partial charge < -0.3 is 16.8 Å². The van der Waals surface area contributed by atoms with E-state index in [1.165, 1.54) is 6.92 Å². The molecule has 0 saturated heterocycles. The van der Waals surface area contributed by atoms with E-state index in [9.17, 15) is 9.59 Å². The molecular weight excluding hydrogens is 216 g/mol. The second kappa shape index (κ2) is 7.46. The second-order valence-electron chi connectivity index (χ2n) is 3.11. The van der Waals surface area contributed by atoms with Gasteiger partial charge in [-0.05, 0) is 12.8 Å². The third-order valence-corrected chi connectivity index (χ3v) is 1.70. The quantitative estimate of drug-likeness (QED) is 0.145. The molecule has 6 N–H and O–H groups in total. The summed E-state index contributed by atoms with van der Waals surface area (Å²) in [7, 11) is 0. The van der Waals surface area contributed by atoms with E-state index in [2.05, 4.69) is 15.2 Å². The van der Waals surface area contributed by atoms with E-state index >= 15 is 0 Å². The standard InChI is InChI=1S/C8H16N4O4/c1-5(13)12-6(7(14)16-15)3-2-4-11-8(9)10/h6,15H,2-4H2,1H3,(H,12,13)(H4,9,10,11). The van der Waals surface area contributed by atoms with Crippen molar-refractivity contribution in [3.63, 3.8) is 0 Å². The van der Waals surface area contributed by atoms with Crippen LogP contribution in [0.5, 0.6) is 0 Å². The minimum absolute atomic E-state index is 0.0409. The van der Waals surface area contributed by atoms with Crippen molar-refractivity contribution in [1.29, 1.82) is 0 Å². The first-order chi connectivity index (χ1) is 7.47. The number of nitrogens with one attached hydrogen (secondary N) is 1. The molecular formula is C8H16N4O4. The lowest BCUT2D eigenvalue weighted by atomic mass is 10.1. The largest absolute Gasteiger partial charge is 0.370 e. The number of hydrogen-bond acceptors (Lipinski definition) is 5. The first-order valence-corrected chi connectivity index (χ1v) is 4.65. The van der Waals surface area contributed by atoms with Crippen molar-refractivity contribution in [2.24, 2.45) is 16.5 Å². The van der Waals surface area contributed by atoms with E-state index in [0.717, 1.165) is 0 Å². The minimum atomic E-state index is -0.917. The highest BCUT2D eigenvalue weighted by atomic mass is 17.1. The molecule has 1 atom stereocenters. The van der Waals surface area contributed by atoms with Gasteiger partial charge in [-0.1, -0.05) is 0 Å². The maximum atomic E-state index is 11.0. The molecule has 0 fully saturated rings. The summed E-state index contributed by atoms with van der Waals surface area (Å²) in [5, 5.41) is 10.5. The molecule has 0 aliphatic carbocycles. The van der Waals surface area contributed by atoms with E-state index < -0.39 is 17.9 Å². The van der Waals surface area contributed by atoms with Crippen LogP contribution in [-0.4, -0.2) is 35.7 Å². The number of nitrogens with zero attached hydrogens (tertiary/aromatic N) is 1. The summed E-state index contributed by atoms with van der Waals surface area (Å²) < 4.78 is 0. The van der Waals surface area contributed by atoms with Gasteiger partial charge in [0.25, 0.3) is 0 Å². The summed E-state index contributed by atoms with van der Waals surface area (Å²) in [6.07, 6.45) is 0.744. The van der Waals surface area contributed by atoms with Crippen LogP contribution >= 0.6 is 0 Å². The van der Waals surface area contributed by atoms with E-state index in [1.54, 1.807) is 0 Å². The van der Waals surface area contributed by atoms with Gasteiger partial charge in [0.2, 0.25) is 5.91 Å². The number of nitrogens with two attached hydrogens (primary N) is 2. The topological polar surface area (TPSA) is 140 Å². The van der Waals surface area contributed by atoms with E-state index in [1.807, 2.05) is 0 Å². The zero-order chi connectivity index (χ0) is 12.6. The molecule has 8 heteroatoms. The molecule has 0 rings (SSSR count). The molecule has 1 amide bonds. The summed E-state index contributed by atoms with van der Waals surface area (Å²) in [4.78, 5) is 29.0. The third-order valence-electron chi connectivity index (χ3n) is 1.70. The Kier molecular flexibility index (Phi) is 6.61. The monoisotopic (exact) mass is 232 g/mol. The summed E-state index contributed by atoms with van der Waals surface area (Å²) >= 11 is 0. The van der Waals surface area contributed by atoms with Gasteiger partial charge in [-0.15, -0.1) is 0 Å². The van der Waals surface area contributed by atoms with Crippen LogP contribution in [0.2, 0.25) is 0 Å². The van der Waals surface area contributed by atoms with E-state index in [4.69, 9.17) is 16.7 Å². The molecule has 0 aliphatic heterocycles. The van der Waals surface area contributed by atoms with Crippen LogP contribution in [0.15, 0.2) is 4.99 Å². The molecule has 0 heterocycles. The van der Waals surface area contributed by atoms with Gasteiger partial charge in [0.1, 0.15) is 6.04 Å². The minimum Gasteiger partial charge on any atom is -0.370 e. The number of rotatable bonds is 6. The van der Waals surface area contributed by atoms with Crippen LogP contribution in [0.25, 0.3) is 0 Å². The van der Waals surface area contributed by atoms with E-state index in [0.29, 0.717) is 13.0 Å². The van der Waals surface area contributed by atoms with Gasteiger partial charge in [-0.25, -0.2) is 4.79 Å². The zero-order valence-corrected chi connectivity index (χ0v) is 8.97. The predicted octanol–water partition coefficient (Wildman–Crippen LogP) is -1.44. The Morgan fingerprint density at radius 1 is 1.50 bits per heavy atom. The Hall–Kier alpha value is -1.83. The summed E-state index contributed by atoms with van der Waals surface area (Å²) in [5.41, 5.74) is 10.2. The van der Waals surface area contributed by atoms with Crippen LogP contribution in [0.1, 0.15) is 19.8 Å². The molecule has 92 valence electrons. The highest BCUT2D eigenvalue weighted by Gasteiger charge is 2.20. The number of carbonyl (C=O) groups excluding carboxylic acids is 2. The van der Waals surface area contributed by atoms with Crippen molar-refractivity contribution >= 4 is 17.8 Å². The molecule has 0 aromatic rings. The van der Waals surface area contributed by atoms with E-state index in [-0.39, 0.29) is 12.4 Å². The average molecular weight is 232 g/mol. The average Bonchev–Trinajstić information content (AvgIpc) is 2.20. The van der Waals surface area contributed by atoms with Gasteiger partial charge >= 0.3 is 5.97 Å². The first kappa shape index (κ1) is 14.2. The van der Waals surface area contributed by atoms with Crippen LogP contribution in [0.4, 0.5) is 0 Å². The van der Waals surface area contributed by atoms with Crippen molar-refractivity contribution in [3.8, 4) is 0 Å². The maximum Gasteiger partial charge on any atom is 0.364 e. The number of guanidine groups is 1. The normalized spacial score (nSPS) is 11.4. The first-order valence-electron chi connectivity index (χ1n) is 4.65. The van der Waals surface area contributed by atoms with Gasteiger partial charge in [-0.2, -0.15) is 5.26 Å². The van der Waals surface area contributed by atoms with Crippen molar-refractivity contribution in [3.05, 3.63) is 0 Å². The summed E-state index contributed by atoms with van der Waals surface area (Å²) in [5.74, 6) is -1.35. The highest BCUT2D eigenvalue weighted by Crippen LogP contribution is 2.00. The Labute approximate surface area is 92.6 Å². The zero-order valence-electron chi connectivity index (χ0n) is 8.97. The number of hydrogen-bond donors (Lipinski definition) is 4. The molecule has 0 saturated carbocycles. The van der Waals surface area contributed by atoms with Crippen molar-refractivity contribution in [2.75, 3.05) is 6.54 Å². The third kappa shape index (κ3) is 6.60. The Morgan fingerprint density at radius 3 is 2.56 bits per heavy atom. The van der Waals surface area contributed by atoms with Crippen LogP contribution < -0.4 is 16.8 Å². The number of amides is 1. The number of aliphatic imine (C=N–C) groups is 1. The molecule has 0 bridgehead atoms. The smallest absolute Gasteiger partial charge is 0.364 e. The van der Waals surface area contributed by atoms with Gasteiger partial charge in [0.15, 0.2) is 5.96 Å². The molecule has 0 aromatic heterocycles. The fourth-order valence-corrected chi connectivity index (χ4v) is 1.06. The van der Waals surface area contributed by atoms with Crippen molar-refractivity contribution < 1.29 is 19.7 Å². The SMILES string of the molecule is CC(=O)NC(CCCN=C(N)N)C(=O)OO. The highest BCUT2D eigenvalue weighted by molar-refractivity contribution is 5.82. The van der Waals surface area contributed by atoms with Gasteiger partial charge in [0.05, 0.1) is 0 Å². The maximum absolute atomic E-state index is 11.0. The van der Waals surface area contributed by atoms with Crippen molar-refractivity contribution in [1.82, 2.24) is 5.32 Å². The van der Waals surface area contributed by atoms with Crippen LogP contribution in [0, 0.1) is 0 Å². The van der Waals surface area contributed by atoms with Gasteiger partial charge in [0, 0.05) is 13.5 Å². The predicted molar refractivity (Wildman–Crippen MR) is 56.2 cm³/mol. The fraction of sp³-hybridized carbons (Fsp3) is 0.625. The van der Waals surface area contributed by atoms with Crippen molar-refractivity contribution in [2.45, 2.75) is 25.8 Å². The lowest BCUT2D eigenvalue weighted by molar-refractivity contribution is -0.236. The molecule has 0 aromatic carbocycles. The van der Waals surface area contributed by atoms with Crippen LogP contribution in [-0.2, 0) is 14.5 Å². The lowest BCUT2D eigenvalue weighted by Gasteiger charge is -2.13. The number of carbonyl (C=O) groups is 2. The molecule has 16 heavy (non-hydrogen) atoms. The van der Waals surface area contributed by atoms with Gasteiger partial charge in [-0.3, -0.25) is 14.7 Å². The molecule has 0 aliphatic rings. The Balaban J connectivity index is 4.07. The molecule has 0 spiro atoms. The Morgan fingerprint density at radius 2 is 2.12 bits per heavy atom. The molecule has 8 nitrogen and oxygen atoms in total. The fourth-order valence-electron chi connectivity index (χ4n) is 1.06. The second-order valence-corrected chi connectivity index (χ2v) is 3.11. The molecule has 0 radical (unpaired) electrons.